The van der Waals surface area contributed by atoms with Gasteiger partial charge in [0.05, 0.1) is 10.6 Å². The summed E-state index contributed by atoms with van der Waals surface area (Å²) in [6.07, 6.45) is 0. The van der Waals surface area contributed by atoms with E-state index in [1.54, 1.807) is 30.3 Å². The highest BCUT2D eigenvalue weighted by molar-refractivity contribution is 6.31. The summed E-state index contributed by atoms with van der Waals surface area (Å²) in [7, 11) is 0. The van der Waals surface area contributed by atoms with Gasteiger partial charge in [-0.05, 0) is 30.3 Å². The molecule has 3 aromatic rings. The lowest BCUT2D eigenvalue weighted by molar-refractivity contribution is -0.384. The van der Waals surface area contributed by atoms with Crippen LogP contribution >= 0.6 is 11.6 Å². The fourth-order valence-electron chi connectivity index (χ4n) is 1.71. The van der Waals surface area contributed by atoms with E-state index >= 15 is 0 Å². The zero-order valence-corrected chi connectivity index (χ0v) is 10.3. The van der Waals surface area contributed by atoms with Gasteiger partial charge in [-0.2, -0.15) is 4.80 Å². The molecule has 0 bridgehead atoms. The molecule has 1 aromatic heterocycles. The first-order chi connectivity index (χ1) is 9.13. The molecule has 0 radical (unpaired) electrons. The predicted molar refractivity (Wildman–Crippen MR) is 70.5 cm³/mol. The topological polar surface area (TPSA) is 73.8 Å². The number of benzene rings is 2. The van der Waals surface area contributed by atoms with Crippen molar-refractivity contribution < 1.29 is 4.92 Å². The van der Waals surface area contributed by atoms with Gasteiger partial charge in [-0.1, -0.05) is 11.6 Å². The molecule has 0 aliphatic heterocycles. The number of nitro groups is 1. The minimum Gasteiger partial charge on any atom is -0.258 e. The van der Waals surface area contributed by atoms with Gasteiger partial charge in [0.2, 0.25) is 0 Å². The van der Waals surface area contributed by atoms with Crippen LogP contribution in [0.4, 0.5) is 5.69 Å². The number of non-ortho nitro benzene ring substituents is 1. The van der Waals surface area contributed by atoms with Crippen molar-refractivity contribution in [1.29, 1.82) is 0 Å². The molecule has 0 fully saturated rings. The monoisotopic (exact) mass is 274 g/mol. The molecule has 1 heterocycles. The van der Waals surface area contributed by atoms with Crippen molar-refractivity contribution in [1.82, 2.24) is 15.0 Å². The Labute approximate surface area is 112 Å². The number of hydrogen-bond donors (Lipinski definition) is 0. The van der Waals surface area contributed by atoms with Crippen molar-refractivity contribution in [3.05, 3.63) is 57.6 Å². The average molecular weight is 275 g/mol. The van der Waals surface area contributed by atoms with E-state index in [-0.39, 0.29) is 5.69 Å². The number of fused-ring (bicyclic) bond motifs is 1. The molecule has 6 nitrogen and oxygen atoms in total. The molecule has 7 heteroatoms. The Morgan fingerprint density at radius 3 is 2.42 bits per heavy atom. The predicted octanol–water partition coefficient (Wildman–Crippen LogP) is 2.98. The molecule has 0 aliphatic rings. The third-order valence-electron chi connectivity index (χ3n) is 2.63. The Morgan fingerprint density at radius 1 is 1.05 bits per heavy atom. The average Bonchev–Trinajstić information content (AvgIpc) is 2.81. The molecular weight excluding hydrogens is 268 g/mol. The molecule has 0 amide bonds. The van der Waals surface area contributed by atoms with Gasteiger partial charge >= 0.3 is 0 Å². The van der Waals surface area contributed by atoms with E-state index in [9.17, 15) is 10.1 Å². The fraction of sp³-hybridized carbons (Fsp3) is 0. The van der Waals surface area contributed by atoms with E-state index < -0.39 is 4.92 Å². The lowest BCUT2D eigenvalue weighted by Crippen LogP contribution is -1.98. The van der Waals surface area contributed by atoms with Gasteiger partial charge in [-0.15, -0.1) is 10.2 Å². The van der Waals surface area contributed by atoms with Crippen molar-refractivity contribution >= 4 is 28.3 Å². The first-order valence-electron chi connectivity index (χ1n) is 5.41. The lowest BCUT2D eigenvalue weighted by atomic mass is 10.3. The fourth-order valence-corrected chi connectivity index (χ4v) is 1.88. The first kappa shape index (κ1) is 11.6. The summed E-state index contributed by atoms with van der Waals surface area (Å²) in [4.78, 5) is 11.6. The highest BCUT2D eigenvalue weighted by atomic mass is 35.5. The lowest BCUT2D eigenvalue weighted by Gasteiger charge is -1.97. The number of rotatable bonds is 2. The minimum atomic E-state index is -0.448. The van der Waals surface area contributed by atoms with Crippen LogP contribution in [0, 0.1) is 10.1 Å². The second-order valence-corrected chi connectivity index (χ2v) is 4.33. The van der Waals surface area contributed by atoms with Gasteiger partial charge in [0, 0.05) is 17.2 Å². The van der Waals surface area contributed by atoms with Gasteiger partial charge in [-0.3, -0.25) is 10.1 Å². The quantitative estimate of drug-likeness (QED) is 0.532. The van der Waals surface area contributed by atoms with Crippen molar-refractivity contribution in [2.75, 3.05) is 0 Å². The number of nitrogens with zero attached hydrogens (tertiary/aromatic N) is 4. The normalized spacial score (nSPS) is 10.8. The largest absolute Gasteiger partial charge is 0.269 e. The highest BCUT2D eigenvalue weighted by Crippen LogP contribution is 2.18. The van der Waals surface area contributed by atoms with Crippen molar-refractivity contribution in [3.8, 4) is 5.69 Å². The zero-order chi connectivity index (χ0) is 13.4. The van der Waals surface area contributed by atoms with Crippen LogP contribution in [-0.4, -0.2) is 19.9 Å². The van der Waals surface area contributed by atoms with Gasteiger partial charge in [0.25, 0.3) is 5.69 Å². The molecule has 19 heavy (non-hydrogen) atoms. The first-order valence-corrected chi connectivity index (χ1v) is 5.79. The highest BCUT2D eigenvalue weighted by Gasteiger charge is 2.08. The van der Waals surface area contributed by atoms with Crippen LogP contribution in [0.15, 0.2) is 42.5 Å². The van der Waals surface area contributed by atoms with E-state index in [4.69, 9.17) is 11.6 Å². The summed E-state index contributed by atoms with van der Waals surface area (Å²) in [6, 6.07) is 11.2. The second-order valence-electron chi connectivity index (χ2n) is 3.90. The summed E-state index contributed by atoms with van der Waals surface area (Å²) in [5.41, 5.74) is 2.06. The third-order valence-corrected chi connectivity index (χ3v) is 2.87. The molecule has 3 rings (SSSR count). The molecule has 0 spiro atoms. The Balaban J connectivity index is 2.06. The van der Waals surface area contributed by atoms with Gasteiger partial charge in [0.1, 0.15) is 11.0 Å². The van der Waals surface area contributed by atoms with E-state index in [1.165, 1.54) is 16.9 Å². The Kier molecular flexibility index (Phi) is 2.64. The molecule has 0 saturated heterocycles. The summed E-state index contributed by atoms with van der Waals surface area (Å²) in [6.45, 7) is 0. The number of halogens is 1. The molecule has 0 aliphatic carbocycles. The number of hydrogen-bond acceptors (Lipinski definition) is 4. The summed E-state index contributed by atoms with van der Waals surface area (Å²) >= 11 is 5.88. The smallest absolute Gasteiger partial charge is 0.258 e. The Morgan fingerprint density at radius 2 is 1.74 bits per heavy atom. The molecule has 0 atom stereocenters. The molecule has 2 aromatic carbocycles. The van der Waals surface area contributed by atoms with Crippen LogP contribution in [0.3, 0.4) is 0 Å². The van der Waals surface area contributed by atoms with Gasteiger partial charge in [-0.25, -0.2) is 0 Å². The van der Waals surface area contributed by atoms with Crippen molar-refractivity contribution in [3.63, 3.8) is 0 Å². The van der Waals surface area contributed by atoms with Gasteiger partial charge in [0.15, 0.2) is 0 Å². The standard InChI is InChI=1S/C12H7ClN4O2/c13-8-1-6-11-12(7-8)15-16(14-11)9-2-4-10(5-3-9)17(18)19/h1-7H. The number of aromatic nitrogens is 3. The molecule has 0 N–H and O–H groups in total. The van der Waals surface area contributed by atoms with Gasteiger partial charge < -0.3 is 0 Å². The maximum absolute atomic E-state index is 10.6. The van der Waals surface area contributed by atoms with E-state index in [0.717, 1.165) is 0 Å². The Bertz CT molecular complexity index is 767. The summed E-state index contributed by atoms with van der Waals surface area (Å²) in [5, 5.41) is 19.7. The summed E-state index contributed by atoms with van der Waals surface area (Å²) < 4.78 is 0. The SMILES string of the molecule is O=[N+]([O-])c1ccc(-n2nc3ccc(Cl)cc3n2)cc1. The molecule has 0 saturated carbocycles. The summed E-state index contributed by atoms with van der Waals surface area (Å²) in [5.74, 6) is 0. The maximum atomic E-state index is 10.6. The van der Waals surface area contributed by atoms with Crippen LogP contribution in [-0.2, 0) is 0 Å². The van der Waals surface area contributed by atoms with E-state index in [2.05, 4.69) is 10.2 Å². The molecule has 0 unspecified atom stereocenters. The third kappa shape index (κ3) is 2.13. The van der Waals surface area contributed by atoms with E-state index in [0.29, 0.717) is 21.7 Å². The second kappa shape index (κ2) is 4.33. The van der Waals surface area contributed by atoms with Crippen LogP contribution in [0.1, 0.15) is 0 Å². The van der Waals surface area contributed by atoms with E-state index in [1.807, 2.05) is 0 Å². The van der Waals surface area contributed by atoms with Crippen LogP contribution in [0.5, 0.6) is 0 Å². The zero-order valence-electron chi connectivity index (χ0n) is 9.52. The minimum absolute atomic E-state index is 0.0310. The molecular formula is C12H7ClN4O2. The van der Waals surface area contributed by atoms with Crippen LogP contribution in [0.25, 0.3) is 16.7 Å². The Hall–Kier alpha value is -2.47. The number of nitro benzene ring substituents is 1. The van der Waals surface area contributed by atoms with Crippen molar-refractivity contribution in [2.24, 2.45) is 0 Å². The molecule has 94 valence electrons. The van der Waals surface area contributed by atoms with Crippen molar-refractivity contribution in [2.45, 2.75) is 0 Å². The maximum Gasteiger partial charge on any atom is 0.269 e. The van der Waals surface area contributed by atoms with Crippen LogP contribution in [0.2, 0.25) is 5.02 Å². The van der Waals surface area contributed by atoms with Crippen LogP contribution < -0.4 is 0 Å².